The zero-order chi connectivity index (χ0) is 17.6. The van der Waals surface area contributed by atoms with Gasteiger partial charge in [0.15, 0.2) is 5.76 Å². The van der Waals surface area contributed by atoms with Gasteiger partial charge in [0.1, 0.15) is 5.75 Å². The van der Waals surface area contributed by atoms with E-state index in [-0.39, 0.29) is 31.3 Å². The summed E-state index contributed by atoms with van der Waals surface area (Å²) in [6.07, 6.45) is 2.54. The summed E-state index contributed by atoms with van der Waals surface area (Å²) in [4.78, 5) is 11.8. The van der Waals surface area contributed by atoms with Gasteiger partial charge in [0.25, 0.3) is 5.91 Å². The van der Waals surface area contributed by atoms with Crippen LogP contribution < -0.4 is 10.1 Å². The first kappa shape index (κ1) is 18.0. The first-order valence-electron chi connectivity index (χ1n) is 7.30. The third-order valence-electron chi connectivity index (χ3n) is 3.40. The highest BCUT2D eigenvalue weighted by Crippen LogP contribution is 2.20. The summed E-state index contributed by atoms with van der Waals surface area (Å²) in [7, 11) is -1.90. The minimum atomic E-state index is -3.44. The van der Waals surface area contributed by atoms with E-state index in [9.17, 15) is 13.2 Å². The van der Waals surface area contributed by atoms with Crippen molar-refractivity contribution in [1.82, 2.24) is 9.62 Å². The Bertz CT molecular complexity index is 772. The number of carbonyl (C=O) groups excluding carboxylic acids is 1. The molecule has 0 bridgehead atoms. The van der Waals surface area contributed by atoms with Crippen LogP contribution in [0.5, 0.6) is 5.75 Å². The summed E-state index contributed by atoms with van der Waals surface area (Å²) in [5.41, 5.74) is 0.753. The smallest absolute Gasteiger partial charge is 0.287 e. The SMILES string of the molecule is COc1ccccc1CN(CCNC(=O)c1ccco1)S(C)(=O)=O. The molecule has 0 atom stereocenters. The second-order valence-electron chi connectivity index (χ2n) is 5.14. The Balaban J connectivity index is 2.00. The standard InChI is InChI=1S/C16H20N2O5S/c1-22-14-7-4-3-6-13(14)12-18(24(2,20)21)10-9-17-16(19)15-8-5-11-23-15/h3-8,11H,9-10,12H2,1-2H3,(H,17,19). The van der Waals surface area contributed by atoms with Gasteiger partial charge in [0.2, 0.25) is 10.0 Å². The summed E-state index contributed by atoms with van der Waals surface area (Å²) < 4.78 is 35.5. The molecule has 2 rings (SSSR count). The normalized spacial score (nSPS) is 11.5. The zero-order valence-corrected chi connectivity index (χ0v) is 14.4. The number of ether oxygens (including phenoxy) is 1. The number of rotatable bonds is 8. The number of hydrogen-bond donors (Lipinski definition) is 1. The fraction of sp³-hybridized carbons (Fsp3) is 0.312. The molecule has 1 N–H and O–H groups in total. The number of amides is 1. The number of nitrogens with one attached hydrogen (secondary N) is 1. The lowest BCUT2D eigenvalue weighted by Gasteiger charge is -2.21. The first-order valence-corrected chi connectivity index (χ1v) is 9.15. The number of furan rings is 1. The maximum Gasteiger partial charge on any atom is 0.287 e. The van der Waals surface area contributed by atoms with Gasteiger partial charge in [-0.3, -0.25) is 4.79 Å². The van der Waals surface area contributed by atoms with E-state index in [1.807, 2.05) is 12.1 Å². The van der Waals surface area contributed by atoms with Gasteiger partial charge >= 0.3 is 0 Å². The highest BCUT2D eigenvalue weighted by molar-refractivity contribution is 7.88. The Kier molecular flexibility index (Phi) is 5.99. The Morgan fingerprint density at radius 2 is 2.00 bits per heavy atom. The van der Waals surface area contributed by atoms with Gasteiger partial charge in [-0.05, 0) is 18.2 Å². The van der Waals surface area contributed by atoms with Gasteiger partial charge in [0, 0.05) is 25.2 Å². The molecule has 0 radical (unpaired) electrons. The number of hydrogen-bond acceptors (Lipinski definition) is 5. The molecule has 1 heterocycles. The fourth-order valence-electron chi connectivity index (χ4n) is 2.17. The van der Waals surface area contributed by atoms with E-state index in [0.29, 0.717) is 5.75 Å². The van der Waals surface area contributed by atoms with Gasteiger partial charge in [-0.2, -0.15) is 4.31 Å². The molecule has 1 aromatic carbocycles. The molecule has 0 saturated heterocycles. The highest BCUT2D eigenvalue weighted by Gasteiger charge is 2.19. The molecule has 0 aliphatic rings. The van der Waals surface area contributed by atoms with Crippen molar-refractivity contribution in [3.8, 4) is 5.75 Å². The number of para-hydroxylation sites is 1. The average Bonchev–Trinajstić information content (AvgIpc) is 3.07. The molecule has 1 amide bonds. The Morgan fingerprint density at radius 1 is 1.25 bits per heavy atom. The van der Waals surface area contributed by atoms with Crippen molar-refractivity contribution in [3.05, 3.63) is 54.0 Å². The van der Waals surface area contributed by atoms with Crippen molar-refractivity contribution in [3.63, 3.8) is 0 Å². The average molecular weight is 352 g/mol. The quantitative estimate of drug-likeness (QED) is 0.777. The minimum absolute atomic E-state index is 0.142. The second-order valence-corrected chi connectivity index (χ2v) is 7.12. The Labute approximate surface area is 141 Å². The maximum absolute atomic E-state index is 12.0. The summed E-state index contributed by atoms with van der Waals surface area (Å²) >= 11 is 0. The van der Waals surface area contributed by atoms with Gasteiger partial charge in [0.05, 0.1) is 19.6 Å². The molecule has 0 saturated carbocycles. The van der Waals surface area contributed by atoms with Gasteiger partial charge in [-0.25, -0.2) is 8.42 Å². The van der Waals surface area contributed by atoms with Crippen LogP contribution in [0.3, 0.4) is 0 Å². The lowest BCUT2D eigenvalue weighted by Crippen LogP contribution is -2.37. The summed E-state index contributed by atoms with van der Waals surface area (Å²) in [5.74, 6) is 0.419. The summed E-state index contributed by atoms with van der Waals surface area (Å²) in [6.45, 7) is 0.477. The topological polar surface area (TPSA) is 88.8 Å². The van der Waals surface area contributed by atoms with E-state index in [0.717, 1.165) is 11.8 Å². The van der Waals surface area contributed by atoms with Gasteiger partial charge < -0.3 is 14.5 Å². The molecule has 0 fully saturated rings. The molecular formula is C16H20N2O5S. The molecule has 2 aromatic rings. The second kappa shape index (κ2) is 7.98. The van der Waals surface area contributed by atoms with Crippen LogP contribution in [-0.4, -0.2) is 45.1 Å². The summed E-state index contributed by atoms with van der Waals surface area (Å²) in [6, 6.07) is 10.4. The van der Waals surface area contributed by atoms with Crippen LogP contribution in [0.4, 0.5) is 0 Å². The highest BCUT2D eigenvalue weighted by atomic mass is 32.2. The van der Waals surface area contributed by atoms with Crippen molar-refractivity contribution < 1.29 is 22.4 Å². The molecule has 7 nitrogen and oxygen atoms in total. The van der Waals surface area contributed by atoms with Crippen LogP contribution >= 0.6 is 0 Å². The predicted octanol–water partition coefficient (Wildman–Crippen LogP) is 1.48. The van der Waals surface area contributed by atoms with Crippen molar-refractivity contribution in [1.29, 1.82) is 0 Å². The molecule has 1 aromatic heterocycles. The third-order valence-corrected chi connectivity index (χ3v) is 4.65. The van der Waals surface area contributed by atoms with E-state index in [1.54, 1.807) is 24.3 Å². The maximum atomic E-state index is 12.0. The molecule has 0 aliphatic carbocycles. The fourth-order valence-corrected chi connectivity index (χ4v) is 2.97. The van der Waals surface area contributed by atoms with Crippen molar-refractivity contribution in [2.24, 2.45) is 0 Å². The molecule has 130 valence electrons. The molecule has 0 unspecified atom stereocenters. The molecular weight excluding hydrogens is 332 g/mol. The molecule has 8 heteroatoms. The lowest BCUT2D eigenvalue weighted by atomic mass is 10.2. The van der Waals surface area contributed by atoms with Crippen LogP contribution in [0.1, 0.15) is 16.1 Å². The number of benzene rings is 1. The summed E-state index contributed by atoms with van der Waals surface area (Å²) in [5, 5.41) is 2.63. The predicted molar refractivity (Wildman–Crippen MR) is 89.3 cm³/mol. The van der Waals surface area contributed by atoms with Crippen molar-refractivity contribution in [2.45, 2.75) is 6.54 Å². The van der Waals surface area contributed by atoms with Crippen molar-refractivity contribution in [2.75, 3.05) is 26.5 Å². The van der Waals surface area contributed by atoms with Crippen LogP contribution in [-0.2, 0) is 16.6 Å². The lowest BCUT2D eigenvalue weighted by molar-refractivity contribution is 0.0923. The number of carbonyl (C=O) groups is 1. The zero-order valence-electron chi connectivity index (χ0n) is 13.6. The van der Waals surface area contributed by atoms with E-state index in [4.69, 9.17) is 9.15 Å². The van der Waals surface area contributed by atoms with Gasteiger partial charge in [-0.1, -0.05) is 18.2 Å². The van der Waals surface area contributed by atoms with Crippen LogP contribution in [0, 0.1) is 0 Å². The van der Waals surface area contributed by atoms with Crippen LogP contribution in [0.15, 0.2) is 47.1 Å². The Morgan fingerprint density at radius 3 is 2.62 bits per heavy atom. The molecule has 0 aliphatic heterocycles. The monoisotopic (exact) mass is 352 g/mol. The van der Waals surface area contributed by atoms with E-state index in [1.165, 1.54) is 17.7 Å². The molecule has 0 spiro atoms. The minimum Gasteiger partial charge on any atom is -0.496 e. The number of methoxy groups -OCH3 is 1. The van der Waals surface area contributed by atoms with E-state index >= 15 is 0 Å². The van der Waals surface area contributed by atoms with E-state index in [2.05, 4.69) is 5.32 Å². The largest absolute Gasteiger partial charge is 0.496 e. The van der Waals surface area contributed by atoms with Gasteiger partial charge in [-0.15, -0.1) is 0 Å². The van der Waals surface area contributed by atoms with Crippen molar-refractivity contribution >= 4 is 15.9 Å². The number of nitrogens with zero attached hydrogens (tertiary/aromatic N) is 1. The number of sulfonamides is 1. The third kappa shape index (κ3) is 4.84. The van der Waals surface area contributed by atoms with E-state index < -0.39 is 10.0 Å². The Hall–Kier alpha value is -2.32. The van der Waals surface area contributed by atoms with Crippen LogP contribution in [0.25, 0.3) is 0 Å². The molecule has 24 heavy (non-hydrogen) atoms. The first-order chi connectivity index (χ1) is 11.4. The van der Waals surface area contributed by atoms with Crippen LogP contribution in [0.2, 0.25) is 0 Å².